The van der Waals surface area contributed by atoms with Crippen LogP contribution in [0, 0.1) is 5.82 Å². The maximum atomic E-state index is 13.0. The van der Waals surface area contributed by atoms with Crippen LogP contribution >= 0.6 is 0 Å². The summed E-state index contributed by atoms with van der Waals surface area (Å²) < 4.78 is 20.7. The highest BCUT2D eigenvalue weighted by molar-refractivity contribution is 6.03. The molecule has 0 unspecified atom stereocenters. The Morgan fingerprint density at radius 3 is 2.27 bits per heavy atom. The van der Waals surface area contributed by atoms with Crippen LogP contribution in [0.25, 0.3) is 5.57 Å². The lowest BCUT2D eigenvalue weighted by Crippen LogP contribution is -2.32. The van der Waals surface area contributed by atoms with Gasteiger partial charge in [-0.2, -0.15) is 0 Å². The van der Waals surface area contributed by atoms with Gasteiger partial charge in [0.15, 0.2) is 5.78 Å². The van der Waals surface area contributed by atoms with Gasteiger partial charge in [-0.3, -0.25) is 4.79 Å². The molecule has 3 heterocycles. The number of aromatic nitrogens is 2. The number of fused-ring (bicyclic) bond motifs is 2. The van der Waals surface area contributed by atoms with E-state index in [1.807, 2.05) is 29.0 Å². The molecule has 0 bridgehead atoms. The van der Waals surface area contributed by atoms with E-state index < -0.39 is 11.9 Å². The van der Waals surface area contributed by atoms with E-state index in [1.165, 1.54) is 17.7 Å². The number of hydrogen-bond acceptors (Lipinski definition) is 6. The van der Waals surface area contributed by atoms with Gasteiger partial charge in [-0.15, -0.1) is 0 Å². The minimum Gasteiger partial charge on any atom is -0.494 e. The molecule has 1 fully saturated rings. The van der Waals surface area contributed by atoms with E-state index in [0.717, 1.165) is 61.4 Å². The third-order valence-electron chi connectivity index (χ3n) is 6.63. The van der Waals surface area contributed by atoms with Crippen LogP contribution in [0.4, 0.5) is 4.39 Å². The number of benzene rings is 2. The molecule has 2 N–H and O–H groups in total. The van der Waals surface area contributed by atoms with E-state index in [-0.39, 0.29) is 11.6 Å². The van der Waals surface area contributed by atoms with Crippen LogP contribution in [0.1, 0.15) is 41.0 Å². The molecule has 2 aliphatic heterocycles. The Kier molecular flexibility index (Phi) is 9.58. The SMILES string of the molecule is O=C(O)/C=C/C(=O)O.O=C1Cn2ccnc2C(=C2CCN(CCCOc3ccc(F)cc3)CC2)c2ccccc21. The number of ether oxygens (including phenoxy) is 1. The molecule has 0 atom stereocenters. The summed E-state index contributed by atoms with van der Waals surface area (Å²) in [4.78, 5) is 39.0. The molecule has 0 saturated carbocycles. The second-order valence-corrected chi connectivity index (χ2v) is 9.33. The van der Waals surface area contributed by atoms with Gasteiger partial charge < -0.3 is 24.4 Å². The highest BCUT2D eigenvalue weighted by atomic mass is 19.1. The fourth-order valence-electron chi connectivity index (χ4n) is 4.77. The molecular weight excluding hydrogens is 517 g/mol. The molecule has 2 aliphatic rings. The quantitative estimate of drug-likeness (QED) is 0.332. The topological polar surface area (TPSA) is 122 Å². The van der Waals surface area contributed by atoms with Crippen LogP contribution in [-0.4, -0.2) is 68.6 Å². The predicted molar refractivity (Wildman–Crippen MR) is 146 cm³/mol. The first-order chi connectivity index (χ1) is 19.3. The number of likely N-dealkylation sites (tertiary alicyclic amines) is 1. The molecule has 1 aromatic heterocycles. The van der Waals surface area contributed by atoms with Gasteiger partial charge in [-0.1, -0.05) is 29.8 Å². The summed E-state index contributed by atoms with van der Waals surface area (Å²) in [6.07, 6.45) is 7.64. The molecule has 208 valence electrons. The van der Waals surface area contributed by atoms with Crippen molar-refractivity contribution in [1.82, 2.24) is 14.5 Å². The average molecular weight is 548 g/mol. The summed E-state index contributed by atoms with van der Waals surface area (Å²) in [7, 11) is 0. The lowest BCUT2D eigenvalue weighted by molar-refractivity contribution is -0.134. The van der Waals surface area contributed by atoms with Gasteiger partial charge in [0.05, 0.1) is 13.2 Å². The van der Waals surface area contributed by atoms with Crippen molar-refractivity contribution in [3.63, 3.8) is 0 Å². The monoisotopic (exact) mass is 547 g/mol. The summed E-state index contributed by atoms with van der Waals surface area (Å²) >= 11 is 0. The number of rotatable bonds is 7. The number of carboxylic acid groups (broad SMARTS) is 2. The van der Waals surface area contributed by atoms with Crippen LogP contribution in [-0.2, 0) is 16.1 Å². The Morgan fingerprint density at radius 1 is 0.975 bits per heavy atom. The van der Waals surface area contributed by atoms with Crippen molar-refractivity contribution in [1.29, 1.82) is 0 Å². The maximum Gasteiger partial charge on any atom is 0.328 e. The van der Waals surface area contributed by atoms with Crippen LogP contribution in [0.5, 0.6) is 5.75 Å². The number of ketones is 1. The second kappa shape index (κ2) is 13.5. The molecule has 0 aliphatic carbocycles. The number of carbonyl (C=O) groups excluding carboxylic acids is 1. The fourth-order valence-corrected chi connectivity index (χ4v) is 4.77. The number of carboxylic acids is 2. The molecule has 5 rings (SSSR count). The molecule has 2 aromatic carbocycles. The summed E-state index contributed by atoms with van der Waals surface area (Å²) in [5.74, 6) is -1.03. The van der Waals surface area contributed by atoms with Crippen LogP contribution in [0.15, 0.2) is 78.6 Å². The zero-order chi connectivity index (χ0) is 28.5. The van der Waals surface area contributed by atoms with Crippen LogP contribution in [0.3, 0.4) is 0 Å². The smallest absolute Gasteiger partial charge is 0.328 e. The highest BCUT2D eigenvalue weighted by Gasteiger charge is 2.27. The fraction of sp³-hybridized carbons (Fsp3) is 0.267. The largest absolute Gasteiger partial charge is 0.494 e. The van der Waals surface area contributed by atoms with E-state index in [1.54, 1.807) is 18.3 Å². The number of carbonyl (C=O) groups is 3. The minimum atomic E-state index is -1.26. The van der Waals surface area contributed by atoms with Gasteiger partial charge in [0.2, 0.25) is 0 Å². The van der Waals surface area contributed by atoms with Crippen LogP contribution in [0.2, 0.25) is 0 Å². The van der Waals surface area contributed by atoms with Crippen molar-refractivity contribution in [2.45, 2.75) is 25.8 Å². The number of imidazole rings is 1. The summed E-state index contributed by atoms with van der Waals surface area (Å²) in [6, 6.07) is 14.1. The van der Waals surface area contributed by atoms with Gasteiger partial charge >= 0.3 is 11.9 Å². The van der Waals surface area contributed by atoms with Gasteiger partial charge in [0.25, 0.3) is 0 Å². The first kappa shape index (κ1) is 28.4. The first-order valence-electron chi connectivity index (χ1n) is 12.9. The van der Waals surface area contributed by atoms with Crippen LogP contribution < -0.4 is 4.74 Å². The number of hydrogen-bond donors (Lipinski definition) is 2. The third kappa shape index (κ3) is 7.51. The molecule has 40 heavy (non-hydrogen) atoms. The predicted octanol–water partition coefficient (Wildman–Crippen LogP) is 4.30. The Bertz CT molecular complexity index is 1400. The van der Waals surface area contributed by atoms with E-state index >= 15 is 0 Å². The first-order valence-corrected chi connectivity index (χ1v) is 12.9. The average Bonchev–Trinajstić information content (AvgIpc) is 3.35. The van der Waals surface area contributed by atoms with E-state index in [2.05, 4.69) is 16.0 Å². The van der Waals surface area contributed by atoms with Crippen molar-refractivity contribution < 1.29 is 33.7 Å². The molecule has 1 saturated heterocycles. The summed E-state index contributed by atoms with van der Waals surface area (Å²) in [5, 5.41) is 15.6. The molecular formula is C30H30FN3O6. The van der Waals surface area contributed by atoms with Gasteiger partial charge in [-0.05, 0) is 49.1 Å². The molecule has 9 nitrogen and oxygen atoms in total. The Balaban J connectivity index is 0.000000406. The standard InChI is InChI=1S/C26H26FN3O2.C4H4O4/c27-20-6-8-21(9-7-20)32-17-3-13-29-14-10-19(11-15-29)25-23-5-2-1-4-22(23)24(31)18-30-16-12-28-26(25)30;5-3(6)1-2-4(7)8/h1-2,4-9,12,16H,3,10-11,13-15,17-18H2;1-2H,(H,5,6)(H,7,8)/b;2-1+. The minimum absolute atomic E-state index is 0.133. The van der Waals surface area contributed by atoms with Gasteiger partial charge in [-0.25, -0.2) is 19.0 Å². The van der Waals surface area contributed by atoms with E-state index in [4.69, 9.17) is 14.9 Å². The van der Waals surface area contributed by atoms with E-state index in [9.17, 15) is 18.8 Å². The molecule has 3 aromatic rings. The summed E-state index contributed by atoms with van der Waals surface area (Å²) in [6.45, 7) is 3.87. The van der Waals surface area contributed by atoms with Crippen molar-refractivity contribution in [3.8, 4) is 5.75 Å². The Hall–Kier alpha value is -4.57. The number of piperidine rings is 1. The molecule has 0 radical (unpaired) electrons. The summed E-state index contributed by atoms with van der Waals surface area (Å²) in [5.41, 5.74) is 4.31. The lowest BCUT2D eigenvalue weighted by Gasteiger charge is -2.30. The number of halogens is 1. The third-order valence-corrected chi connectivity index (χ3v) is 6.63. The maximum absolute atomic E-state index is 13.0. The molecule has 0 amide bonds. The van der Waals surface area contributed by atoms with Gasteiger partial charge in [0.1, 0.15) is 17.4 Å². The van der Waals surface area contributed by atoms with Crippen molar-refractivity contribution in [3.05, 3.63) is 101 Å². The molecule has 0 spiro atoms. The number of aliphatic carboxylic acids is 2. The lowest BCUT2D eigenvalue weighted by atomic mass is 9.89. The number of nitrogens with zero attached hydrogens (tertiary/aromatic N) is 3. The highest BCUT2D eigenvalue weighted by Crippen LogP contribution is 2.35. The van der Waals surface area contributed by atoms with Gasteiger partial charge in [0, 0.05) is 55.3 Å². The van der Waals surface area contributed by atoms with Crippen molar-refractivity contribution >= 4 is 23.3 Å². The van der Waals surface area contributed by atoms with E-state index in [0.29, 0.717) is 31.1 Å². The zero-order valence-corrected chi connectivity index (χ0v) is 21.8. The molecule has 10 heteroatoms. The zero-order valence-electron chi connectivity index (χ0n) is 21.8. The normalized spacial score (nSPS) is 15.1. The van der Waals surface area contributed by atoms with Crippen molar-refractivity contribution in [2.24, 2.45) is 0 Å². The second-order valence-electron chi connectivity index (χ2n) is 9.33. The van der Waals surface area contributed by atoms with Crippen molar-refractivity contribution in [2.75, 3.05) is 26.2 Å². The Morgan fingerprint density at radius 2 is 1.62 bits per heavy atom. The number of Topliss-reactive ketones (excluding diaryl/α,β-unsaturated/α-hetero) is 1. The Labute approximate surface area is 230 Å².